The summed E-state index contributed by atoms with van der Waals surface area (Å²) in [6.45, 7) is 3.85. The van der Waals surface area contributed by atoms with Crippen LogP contribution in [0.15, 0.2) is 28.2 Å². The van der Waals surface area contributed by atoms with Crippen LogP contribution in [-0.4, -0.2) is 21.1 Å². The van der Waals surface area contributed by atoms with E-state index in [-0.39, 0.29) is 16.7 Å². The van der Waals surface area contributed by atoms with Crippen LogP contribution in [0.4, 0.5) is 5.69 Å². The molecule has 0 aliphatic heterocycles. The number of rotatable bonds is 5. The lowest BCUT2D eigenvalue weighted by atomic mass is 10.2. The van der Waals surface area contributed by atoms with Crippen molar-refractivity contribution in [2.24, 2.45) is 0 Å². The molecule has 1 aliphatic rings. The molecular weight excluding hydrogens is 358 g/mol. The summed E-state index contributed by atoms with van der Waals surface area (Å²) >= 11 is 7.30. The molecule has 1 atom stereocenters. The molecular formula is C18H20ClN3O2S. The number of hydrogen-bond acceptors (Lipinski definition) is 4. The Labute approximate surface area is 155 Å². The summed E-state index contributed by atoms with van der Waals surface area (Å²) < 4.78 is 0. The van der Waals surface area contributed by atoms with Gasteiger partial charge in [-0.1, -0.05) is 36.4 Å². The molecule has 1 aromatic carbocycles. The van der Waals surface area contributed by atoms with Crippen LogP contribution in [-0.2, 0) is 17.6 Å². The van der Waals surface area contributed by atoms with E-state index >= 15 is 0 Å². The van der Waals surface area contributed by atoms with E-state index in [0.717, 1.165) is 36.1 Å². The number of thioether (sulfide) groups is 1. The number of H-pyrrole nitrogens is 1. The number of halogens is 1. The molecule has 1 amide bonds. The zero-order valence-electron chi connectivity index (χ0n) is 14.2. The topological polar surface area (TPSA) is 74.8 Å². The Bertz CT molecular complexity index is 866. The number of amides is 1. The molecule has 1 heterocycles. The lowest BCUT2D eigenvalue weighted by Gasteiger charge is -2.16. The van der Waals surface area contributed by atoms with Crippen molar-refractivity contribution in [2.45, 2.75) is 49.9 Å². The van der Waals surface area contributed by atoms with E-state index in [9.17, 15) is 9.59 Å². The van der Waals surface area contributed by atoms with Crippen molar-refractivity contribution in [2.75, 3.05) is 5.32 Å². The van der Waals surface area contributed by atoms with Gasteiger partial charge in [-0.2, -0.15) is 0 Å². The number of hydrogen-bond donors (Lipinski definition) is 2. The van der Waals surface area contributed by atoms with Crippen LogP contribution in [0.2, 0.25) is 5.02 Å². The van der Waals surface area contributed by atoms with Crippen molar-refractivity contribution in [3.05, 3.63) is 50.4 Å². The van der Waals surface area contributed by atoms with Crippen molar-refractivity contribution >= 4 is 35.0 Å². The molecule has 7 heteroatoms. The normalized spacial score (nSPS) is 14.2. The molecule has 0 spiro atoms. The lowest BCUT2D eigenvalue weighted by molar-refractivity contribution is -0.115. The summed E-state index contributed by atoms with van der Waals surface area (Å²) in [7, 11) is 0. The molecule has 132 valence electrons. The highest BCUT2D eigenvalue weighted by atomic mass is 35.5. The number of aromatic nitrogens is 2. The predicted octanol–water partition coefficient (Wildman–Crippen LogP) is 3.73. The number of nitrogens with zero attached hydrogens (tertiary/aromatic N) is 1. The Hall–Kier alpha value is -1.79. The quantitative estimate of drug-likeness (QED) is 0.615. The van der Waals surface area contributed by atoms with E-state index in [1.54, 1.807) is 12.1 Å². The molecule has 0 radical (unpaired) electrons. The monoisotopic (exact) mass is 377 g/mol. The Morgan fingerprint density at radius 2 is 2.24 bits per heavy atom. The van der Waals surface area contributed by atoms with Crippen molar-refractivity contribution < 1.29 is 4.79 Å². The maximum atomic E-state index is 12.6. The maximum Gasteiger partial charge on any atom is 0.254 e. The minimum absolute atomic E-state index is 0.0778. The first-order chi connectivity index (χ1) is 12.0. The first-order valence-corrected chi connectivity index (χ1v) is 9.59. The molecule has 0 bridgehead atoms. The van der Waals surface area contributed by atoms with Crippen LogP contribution in [0.25, 0.3) is 0 Å². The van der Waals surface area contributed by atoms with Gasteiger partial charge >= 0.3 is 0 Å². The molecule has 1 aromatic heterocycles. The van der Waals surface area contributed by atoms with Gasteiger partial charge in [-0.3, -0.25) is 9.59 Å². The fraction of sp³-hybridized carbons (Fsp3) is 0.389. The average Bonchev–Trinajstić information content (AvgIpc) is 3.05. The van der Waals surface area contributed by atoms with E-state index < -0.39 is 0 Å². The molecule has 5 nitrogen and oxygen atoms in total. The predicted molar refractivity (Wildman–Crippen MR) is 102 cm³/mol. The number of benzene rings is 1. The third-order valence-corrected chi connectivity index (χ3v) is 5.78. The van der Waals surface area contributed by atoms with Gasteiger partial charge in [0, 0.05) is 16.3 Å². The molecule has 0 fully saturated rings. The molecule has 2 aromatic rings. The van der Waals surface area contributed by atoms with Gasteiger partial charge in [0.1, 0.15) is 0 Å². The van der Waals surface area contributed by atoms with Crippen molar-refractivity contribution in [1.29, 1.82) is 0 Å². The Kier molecular flexibility index (Phi) is 5.49. The Morgan fingerprint density at radius 1 is 1.44 bits per heavy atom. The average molecular weight is 378 g/mol. The van der Waals surface area contributed by atoms with Gasteiger partial charge in [-0.05, 0) is 50.3 Å². The second-order valence-corrected chi connectivity index (χ2v) is 7.74. The SMILES string of the molecule is CCC(Sc1nc2c(c(=O)[nH]1)CCC2)C(=O)Nc1cc(Cl)ccc1C. The van der Waals surface area contributed by atoms with Gasteiger partial charge < -0.3 is 10.3 Å². The summed E-state index contributed by atoms with van der Waals surface area (Å²) in [4.78, 5) is 32.1. The highest BCUT2D eigenvalue weighted by molar-refractivity contribution is 8.00. The van der Waals surface area contributed by atoms with Crippen LogP contribution < -0.4 is 10.9 Å². The number of nitrogens with one attached hydrogen (secondary N) is 2. The first kappa shape index (κ1) is 18.0. The summed E-state index contributed by atoms with van der Waals surface area (Å²) in [6.07, 6.45) is 3.20. The summed E-state index contributed by atoms with van der Waals surface area (Å²) in [5.74, 6) is -0.124. The van der Waals surface area contributed by atoms with Gasteiger partial charge in [0.2, 0.25) is 5.91 Å². The van der Waals surface area contributed by atoms with Crippen LogP contribution in [0, 0.1) is 6.92 Å². The van der Waals surface area contributed by atoms with Crippen molar-refractivity contribution in [3.8, 4) is 0 Å². The number of aromatic amines is 1. The largest absolute Gasteiger partial charge is 0.325 e. The number of carbonyl (C=O) groups excluding carboxylic acids is 1. The molecule has 1 unspecified atom stereocenters. The zero-order valence-corrected chi connectivity index (χ0v) is 15.8. The molecule has 25 heavy (non-hydrogen) atoms. The van der Waals surface area contributed by atoms with Gasteiger partial charge in [0.05, 0.1) is 10.9 Å². The van der Waals surface area contributed by atoms with Crippen molar-refractivity contribution in [3.63, 3.8) is 0 Å². The van der Waals surface area contributed by atoms with Crippen molar-refractivity contribution in [1.82, 2.24) is 9.97 Å². The van der Waals surface area contributed by atoms with Crippen LogP contribution in [0.5, 0.6) is 0 Å². The first-order valence-electron chi connectivity index (χ1n) is 8.33. The highest BCUT2D eigenvalue weighted by Gasteiger charge is 2.22. The van der Waals surface area contributed by atoms with E-state index in [2.05, 4.69) is 15.3 Å². The molecule has 3 rings (SSSR count). The van der Waals surface area contributed by atoms with Crippen LogP contribution in [0.3, 0.4) is 0 Å². The standard InChI is InChI=1S/C18H20ClN3O2S/c1-3-15(17(24)20-14-9-11(19)8-7-10(14)2)25-18-21-13-6-4-5-12(13)16(23)22-18/h7-9,15H,3-6H2,1-2H3,(H,20,24)(H,21,22,23). The fourth-order valence-corrected chi connectivity index (χ4v) is 3.96. The van der Waals surface area contributed by atoms with E-state index in [1.807, 2.05) is 19.9 Å². The second-order valence-electron chi connectivity index (χ2n) is 6.11. The number of anilines is 1. The summed E-state index contributed by atoms with van der Waals surface area (Å²) in [5.41, 5.74) is 3.23. The van der Waals surface area contributed by atoms with Crippen LogP contribution >= 0.6 is 23.4 Å². The van der Waals surface area contributed by atoms with Gasteiger partial charge in [0.25, 0.3) is 5.56 Å². The zero-order chi connectivity index (χ0) is 18.0. The smallest absolute Gasteiger partial charge is 0.254 e. The highest BCUT2D eigenvalue weighted by Crippen LogP contribution is 2.27. The van der Waals surface area contributed by atoms with E-state index in [4.69, 9.17) is 11.6 Å². The minimum atomic E-state index is -0.346. The van der Waals surface area contributed by atoms with Gasteiger partial charge in [-0.25, -0.2) is 4.98 Å². The third-order valence-electron chi connectivity index (χ3n) is 4.29. The van der Waals surface area contributed by atoms with E-state index in [1.165, 1.54) is 11.8 Å². The number of aryl methyl sites for hydroxylation is 2. The fourth-order valence-electron chi connectivity index (χ4n) is 2.87. The third kappa shape index (κ3) is 4.07. The molecule has 2 N–H and O–H groups in total. The summed E-state index contributed by atoms with van der Waals surface area (Å²) in [6, 6.07) is 5.39. The minimum Gasteiger partial charge on any atom is -0.325 e. The molecule has 1 aliphatic carbocycles. The second kappa shape index (κ2) is 7.62. The van der Waals surface area contributed by atoms with Gasteiger partial charge in [0.15, 0.2) is 5.16 Å². The van der Waals surface area contributed by atoms with E-state index in [0.29, 0.717) is 22.3 Å². The Morgan fingerprint density at radius 3 is 3.00 bits per heavy atom. The number of fused-ring (bicyclic) bond motifs is 1. The molecule has 0 saturated heterocycles. The maximum absolute atomic E-state index is 12.6. The Balaban J connectivity index is 1.76. The summed E-state index contributed by atoms with van der Waals surface area (Å²) in [5, 5.41) is 3.66. The lowest BCUT2D eigenvalue weighted by Crippen LogP contribution is -2.26. The number of carbonyl (C=O) groups is 1. The van der Waals surface area contributed by atoms with Crippen LogP contribution in [0.1, 0.15) is 36.6 Å². The molecule has 0 saturated carbocycles. The van der Waals surface area contributed by atoms with Gasteiger partial charge in [-0.15, -0.1) is 0 Å².